The van der Waals surface area contributed by atoms with Gasteiger partial charge in [0.1, 0.15) is 41.5 Å². The van der Waals surface area contributed by atoms with E-state index in [0.29, 0.717) is 17.9 Å². The van der Waals surface area contributed by atoms with Gasteiger partial charge in [0.25, 0.3) is 0 Å². The van der Waals surface area contributed by atoms with E-state index in [-0.39, 0.29) is 30.0 Å². The molecule has 0 aromatic heterocycles. The van der Waals surface area contributed by atoms with Crippen molar-refractivity contribution in [1.82, 2.24) is 0 Å². The van der Waals surface area contributed by atoms with Gasteiger partial charge in [0.15, 0.2) is 0 Å². The molecule has 3 rings (SSSR count). The molecule has 0 bridgehead atoms. The van der Waals surface area contributed by atoms with Crippen LogP contribution in [0.4, 0.5) is 10.1 Å². The molecule has 0 saturated carbocycles. The summed E-state index contributed by atoms with van der Waals surface area (Å²) in [5.41, 5.74) is 6.74. The Bertz CT molecular complexity index is 645. The number of nitrogen functional groups attached to an aromatic ring is 1. The summed E-state index contributed by atoms with van der Waals surface area (Å²) in [7, 11) is 0. The van der Waals surface area contributed by atoms with Crippen LogP contribution in [-0.2, 0) is 6.42 Å². The molecule has 20 heavy (non-hydrogen) atoms. The number of nitrogens with two attached hydrogens (primary N) is 1. The predicted octanol–water partition coefficient (Wildman–Crippen LogP) is 2.50. The molecule has 1 atom stereocenters. The molecule has 4 nitrogen and oxygen atoms in total. The largest absolute Gasteiger partial charge is 0.506 e. The summed E-state index contributed by atoms with van der Waals surface area (Å²) in [6.45, 7) is 0.282. The van der Waals surface area contributed by atoms with Gasteiger partial charge in [-0.25, -0.2) is 4.39 Å². The van der Waals surface area contributed by atoms with Crippen molar-refractivity contribution in [1.29, 1.82) is 0 Å². The van der Waals surface area contributed by atoms with Crippen molar-refractivity contribution < 1.29 is 19.0 Å². The third-order valence-corrected chi connectivity index (χ3v) is 3.23. The Balaban J connectivity index is 1.65. The summed E-state index contributed by atoms with van der Waals surface area (Å²) in [4.78, 5) is 0. The zero-order valence-corrected chi connectivity index (χ0v) is 10.7. The second-order valence-corrected chi connectivity index (χ2v) is 4.70. The van der Waals surface area contributed by atoms with Crippen LogP contribution in [0.25, 0.3) is 0 Å². The molecule has 0 fully saturated rings. The highest BCUT2D eigenvalue weighted by Crippen LogP contribution is 2.32. The highest BCUT2D eigenvalue weighted by molar-refractivity contribution is 5.61. The zero-order chi connectivity index (χ0) is 14.1. The molecule has 3 N–H and O–H groups in total. The van der Waals surface area contributed by atoms with E-state index in [1.165, 1.54) is 18.2 Å². The van der Waals surface area contributed by atoms with E-state index in [1.54, 1.807) is 18.2 Å². The normalized spacial score (nSPS) is 16.6. The van der Waals surface area contributed by atoms with Gasteiger partial charge in [-0.1, -0.05) is 6.07 Å². The van der Waals surface area contributed by atoms with Crippen molar-refractivity contribution in [2.75, 3.05) is 12.3 Å². The summed E-state index contributed by atoms with van der Waals surface area (Å²) in [6, 6.07) is 9.28. The Morgan fingerprint density at radius 2 is 2.20 bits per heavy atom. The molecule has 1 aliphatic heterocycles. The Labute approximate surface area is 115 Å². The summed E-state index contributed by atoms with van der Waals surface area (Å²) < 4.78 is 24.3. The number of hydrogen-bond donors (Lipinski definition) is 2. The highest BCUT2D eigenvalue weighted by Gasteiger charge is 2.24. The van der Waals surface area contributed by atoms with Crippen molar-refractivity contribution in [3.63, 3.8) is 0 Å². The number of fused-ring (bicyclic) bond motifs is 1. The van der Waals surface area contributed by atoms with Crippen LogP contribution in [0, 0.1) is 5.82 Å². The average Bonchev–Trinajstić information content (AvgIpc) is 2.82. The SMILES string of the molecule is Nc1c(O)cccc1OCC1Cc2cc(F)ccc2O1. The number of phenolic OH excluding ortho intramolecular Hbond substituents is 1. The summed E-state index contributed by atoms with van der Waals surface area (Å²) in [6.07, 6.45) is 0.403. The lowest BCUT2D eigenvalue weighted by Gasteiger charge is -2.14. The molecule has 1 unspecified atom stereocenters. The molecule has 0 radical (unpaired) electrons. The fraction of sp³-hybridized carbons (Fsp3) is 0.200. The van der Waals surface area contributed by atoms with E-state index in [4.69, 9.17) is 15.2 Å². The molecular formula is C15H14FNO3. The zero-order valence-electron chi connectivity index (χ0n) is 10.7. The van der Waals surface area contributed by atoms with Gasteiger partial charge in [-0.2, -0.15) is 0 Å². The summed E-state index contributed by atoms with van der Waals surface area (Å²) in [5, 5.41) is 9.49. The van der Waals surface area contributed by atoms with Crippen molar-refractivity contribution >= 4 is 5.69 Å². The van der Waals surface area contributed by atoms with E-state index >= 15 is 0 Å². The van der Waals surface area contributed by atoms with E-state index in [2.05, 4.69) is 0 Å². The standard InChI is InChI=1S/C15H14FNO3/c16-10-4-5-13-9(6-10)7-11(20-13)8-19-14-3-1-2-12(18)15(14)17/h1-6,11,18H,7-8,17H2. The number of benzene rings is 2. The highest BCUT2D eigenvalue weighted by atomic mass is 19.1. The van der Waals surface area contributed by atoms with E-state index < -0.39 is 0 Å². The maximum absolute atomic E-state index is 13.1. The lowest BCUT2D eigenvalue weighted by atomic mass is 10.1. The third kappa shape index (κ3) is 2.34. The molecule has 0 aliphatic carbocycles. The van der Waals surface area contributed by atoms with Crippen molar-refractivity contribution in [3.8, 4) is 17.2 Å². The molecule has 104 valence electrons. The number of para-hydroxylation sites is 1. The first kappa shape index (κ1) is 12.6. The van der Waals surface area contributed by atoms with Crippen LogP contribution >= 0.6 is 0 Å². The molecule has 0 saturated heterocycles. The number of anilines is 1. The number of halogens is 1. The lowest BCUT2D eigenvalue weighted by Crippen LogP contribution is -2.22. The molecule has 2 aromatic rings. The quantitative estimate of drug-likeness (QED) is 0.667. The van der Waals surface area contributed by atoms with Gasteiger partial charge < -0.3 is 20.3 Å². The Hall–Kier alpha value is -2.43. The van der Waals surface area contributed by atoms with Crippen LogP contribution in [-0.4, -0.2) is 17.8 Å². The van der Waals surface area contributed by atoms with Crippen LogP contribution < -0.4 is 15.2 Å². The number of ether oxygens (including phenoxy) is 2. The lowest BCUT2D eigenvalue weighted by molar-refractivity contribution is 0.149. The van der Waals surface area contributed by atoms with Crippen molar-refractivity contribution in [2.24, 2.45) is 0 Å². The fourth-order valence-electron chi connectivity index (χ4n) is 2.22. The minimum Gasteiger partial charge on any atom is -0.506 e. The van der Waals surface area contributed by atoms with Crippen LogP contribution in [0.15, 0.2) is 36.4 Å². The molecule has 1 heterocycles. The van der Waals surface area contributed by atoms with Crippen LogP contribution in [0.2, 0.25) is 0 Å². The first-order valence-corrected chi connectivity index (χ1v) is 6.29. The van der Waals surface area contributed by atoms with Gasteiger partial charge >= 0.3 is 0 Å². The van der Waals surface area contributed by atoms with E-state index in [0.717, 1.165) is 5.56 Å². The third-order valence-electron chi connectivity index (χ3n) is 3.23. The number of hydrogen-bond acceptors (Lipinski definition) is 4. The number of rotatable bonds is 3. The maximum atomic E-state index is 13.1. The van der Waals surface area contributed by atoms with Crippen LogP contribution in [0.1, 0.15) is 5.56 Å². The molecule has 0 amide bonds. The molecular weight excluding hydrogens is 261 g/mol. The van der Waals surface area contributed by atoms with Gasteiger partial charge in [0, 0.05) is 12.0 Å². The maximum Gasteiger partial charge on any atom is 0.146 e. The predicted molar refractivity (Wildman–Crippen MR) is 72.5 cm³/mol. The molecule has 5 heteroatoms. The van der Waals surface area contributed by atoms with Crippen LogP contribution in [0.5, 0.6) is 17.2 Å². The summed E-state index contributed by atoms with van der Waals surface area (Å²) >= 11 is 0. The molecule has 2 aromatic carbocycles. The second-order valence-electron chi connectivity index (χ2n) is 4.70. The van der Waals surface area contributed by atoms with Gasteiger partial charge in [-0.05, 0) is 30.3 Å². The number of aromatic hydroxyl groups is 1. The van der Waals surface area contributed by atoms with Gasteiger partial charge in [0.05, 0.1) is 0 Å². The van der Waals surface area contributed by atoms with Gasteiger partial charge in [-0.15, -0.1) is 0 Å². The minimum absolute atomic E-state index is 0.0137. The summed E-state index contributed by atoms with van der Waals surface area (Å²) in [5.74, 6) is 0.811. The minimum atomic E-state index is -0.272. The average molecular weight is 275 g/mol. The first-order valence-electron chi connectivity index (χ1n) is 6.29. The topological polar surface area (TPSA) is 64.7 Å². The van der Waals surface area contributed by atoms with Crippen molar-refractivity contribution in [2.45, 2.75) is 12.5 Å². The monoisotopic (exact) mass is 275 g/mol. The Morgan fingerprint density at radius 1 is 1.35 bits per heavy atom. The van der Waals surface area contributed by atoms with Gasteiger partial charge in [-0.3, -0.25) is 0 Å². The second kappa shape index (κ2) is 4.92. The first-order chi connectivity index (χ1) is 9.63. The van der Waals surface area contributed by atoms with E-state index in [9.17, 15) is 9.50 Å². The number of phenols is 1. The Kier molecular flexibility index (Phi) is 3.10. The fourth-order valence-corrected chi connectivity index (χ4v) is 2.22. The smallest absolute Gasteiger partial charge is 0.146 e. The van der Waals surface area contributed by atoms with Crippen molar-refractivity contribution in [3.05, 3.63) is 47.8 Å². The molecule has 0 spiro atoms. The van der Waals surface area contributed by atoms with Gasteiger partial charge in [0.2, 0.25) is 0 Å². The van der Waals surface area contributed by atoms with Crippen LogP contribution in [0.3, 0.4) is 0 Å². The molecule has 1 aliphatic rings. The van der Waals surface area contributed by atoms with E-state index in [1.807, 2.05) is 0 Å². The Morgan fingerprint density at radius 3 is 3.05 bits per heavy atom.